The molecule has 0 bridgehead atoms. The zero-order chi connectivity index (χ0) is 22.1. The highest BCUT2D eigenvalue weighted by Gasteiger charge is 2.17. The second-order valence-corrected chi connectivity index (χ2v) is 7.72. The highest BCUT2D eigenvalue weighted by molar-refractivity contribution is 5.38. The minimum absolute atomic E-state index is 0.0373. The molecule has 2 heterocycles. The molecule has 0 aliphatic rings. The third-order valence-corrected chi connectivity index (χ3v) is 5.66. The molecule has 0 saturated heterocycles. The van der Waals surface area contributed by atoms with E-state index >= 15 is 0 Å². The van der Waals surface area contributed by atoms with Gasteiger partial charge in [0, 0.05) is 35.1 Å². The van der Waals surface area contributed by atoms with Gasteiger partial charge in [0.1, 0.15) is 11.6 Å². The van der Waals surface area contributed by atoms with Crippen molar-refractivity contribution in [2.45, 2.75) is 40.3 Å². The summed E-state index contributed by atoms with van der Waals surface area (Å²) < 4.78 is 30.4. The molecule has 0 aliphatic heterocycles. The topological polar surface area (TPSA) is 47.7 Å². The minimum atomic E-state index is -0.288. The Kier molecular flexibility index (Phi) is 5.69. The van der Waals surface area contributed by atoms with Crippen LogP contribution in [0.15, 0.2) is 54.7 Å². The van der Waals surface area contributed by atoms with Gasteiger partial charge >= 0.3 is 0 Å². The minimum Gasteiger partial charge on any atom is -0.306 e. The lowest BCUT2D eigenvalue weighted by atomic mass is 10.1. The molecule has 4 rings (SSSR count). The summed E-state index contributed by atoms with van der Waals surface area (Å²) in [7, 11) is 0. The van der Waals surface area contributed by atoms with E-state index in [1.165, 1.54) is 24.3 Å². The molecule has 7 heteroatoms. The number of halogens is 2. The average Bonchev–Trinajstić information content (AvgIpc) is 3.26. The predicted molar refractivity (Wildman–Crippen MR) is 117 cm³/mol. The maximum absolute atomic E-state index is 13.6. The molecule has 5 nitrogen and oxygen atoms in total. The Morgan fingerprint density at radius 3 is 2.35 bits per heavy atom. The zero-order valence-corrected chi connectivity index (χ0v) is 18.0. The van der Waals surface area contributed by atoms with E-state index in [9.17, 15) is 8.78 Å². The molecule has 0 saturated carbocycles. The van der Waals surface area contributed by atoms with E-state index in [2.05, 4.69) is 22.4 Å². The summed E-state index contributed by atoms with van der Waals surface area (Å²) in [6, 6.07) is 12.8. The number of nitrogens with zero attached hydrogens (tertiary/aromatic N) is 4. The molecule has 1 N–H and O–H groups in total. The normalized spacial score (nSPS) is 12.3. The summed E-state index contributed by atoms with van der Waals surface area (Å²) in [5.74, 6) is -0.556. The monoisotopic (exact) mass is 421 g/mol. The fourth-order valence-corrected chi connectivity index (χ4v) is 3.85. The molecule has 0 fully saturated rings. The zero-order valence-electron chi connectivity index (χ0n) is 18.0. The number of benzene rings is 2. The number of hydrogen-bond acceptors (Lipinski definition) is 3. The Morgan fingerprint density at radius 2 is 1.65 bits per heavy atom. The van der Waals surface area contributed by atoms with Crippen molar-refractivity contribution >= 4 is 0 Å². The lowest BCUT2D eigenvalue weighted by Gasteiger charge is -2.15. The Bertz CT molecular complexity index is 1210. The fraction of sp³-hybridized carbons (Fsp3) is 0.250. The van der Waals surface area contributed by atoms with Gasteiger partial charge in [-0.15, -0.1) is 0 Å². The van der Waals surface area contributed by atoms with Crippen molar-refractivity contribution in [1.82, 2.24) is 24.9 Å². The van der Waals surface area contributed by atoms with Crippen molar-refractivity contribution in [3.8, 4) is 11.4 Å². The quantitative estimate of drug-likeness (QED) is 0.471. The summed E-state index contributed by atoms with van der Waals surface area (Å²) in [6.45, 7) is 8.67. The van der Waals surface area contributed by atoms with Gasteiger partial charge in [0.05, 0.1) is 23.3 Å². The molecule has 31 heavy (non-hydrogen) atoms. The van der Waals surface area contributed by atoms with Crippen molar-refractivity contribution in [1.29, 1.82) is 0 Å². The Morgan fingerprint density at radius 1 is 0.903 bits per heavy atom. The molecule has 4 aromatic rings. The van der Waals surface area contributed by atoms with Gasteiger partial charge in [0.25, 0.3) is 0 Å². The number of aromatic nitrogens is 4. The van der Waals surface area contributed by atoms with E-state index in [0.717, 1.165) is 33.9 Å². The van der Waals surface area contributed by atoms with Gasteiger partial charge in [-0.3, -0.25) is 0 Å². The summed E-state index contributed by atoms with van der Waals surface area (Å²) >= 11 is 0. The second-order valence-electron chi connectivity index (χ2n) is 7.72. The van der Waals surface area contributed by atoms with E-state index in [4.69, 9.17) is 0 Å². The molecule has 0 spiro atoms. The molecular weight excluding hydrogens is 396 g/mol. The highest BCUT2D eigenvalue weighted by atomic mass is 19.1. The molecule has 0 radical (unpaired) electrons. The smallest absolute Gasteiger partial charge is 0.125 e. The van der Waals surface area contributed by atoms with Crippen LogP contribution in [0.25, 0.3) is 11.4 Å². The first-order chi connectivity index (χ1) is 14.8. The summed E-state index contributed by atoms with van der Waals surface area (Å²) in [5, 5.41) is 12.6. The first-order valence-corrected chi connectivity index (χ1v) is 10.2. The van der Waals surface area contributed by atoms with Crippen LogP contribution in [-0.4, -0.2) is 19.6 Å². The first kappa shape index (κ1) is 20.9. The molecule has 0 aliphatic carbocycles. The largest absolute Gasteiger partial charge is 0.306 e. The standard InChI is InChI=1S/C24H25F2N5/c1-15(24-14-28-30(17(24)3)22-7-5-6-20(26)12-22)27-13-23-16(2)29-31(18(23)4)21-10-8-19(25)9-11-21/h5-12,14-15,27H,13H2,1-4H3/t15-/m0/s1. The van der Waals surface area contributed by atoms with Crippen LogP contribution in [0.5, 0.6) is 0 Å². The van der Waals surface area contributed by atoms with Crippen molar-refractivity contribution in [3.05, 3.63) is 94.6 Å². The molecule has 2 aromatic heterocycles. The van der Waals surface area contributed by atoms with Crippen LogP contribution < -0.4 is 5.32 Å². The van der Waals surface area contributed by atoms with Gasteiger partial charge in [-0.2, -0.15) is 10.2 Å². The van der Waals surface area contributed by atoms with Gasteiger partial charge in [0.2, 0.25) is 0 Å². The van der Waals surface area contributed by atoms with Crippen molar-refractivity contribution in [3.63, 3.8) is 0 Å². The van der Waals surface area contributed by atoms with Crippen molar-refractivity contribution < 1.29 is 8.78 Å². The van der Waals surface area contributed by atoms with Crippen LogP contribution >= 0.6 is 0 Å². The van der Waals surface area contributed by atoms with Crippen LogP contribution in [0.3, 0.4) is 0 Å². The maximum Gasteiger partial charge on any atom is 0.125 e. The van der Waals surface area contributed by atoms with E-state index in [-0.39, 0.29) is 17.7 Å². The third-order valence-electron chi connectivity index (χ3n) is 5.66. The van der Waals surface area contributed by atoms with E-state index in [0.29, 0.717) is 12.2 Å². The van der Waals surface area contributed by atoms with Crippen LogP contribution in [0.1, 0.15) is 41.2 Å². The molecule has 1 atom stereocenters. The second kappa shape index (κ2) is 8.43. The van der Waals surface area contributed by atoms with Gasteiger partial charge in [-0.25, -0.2) is 18.1 Å². The van der Waals surface area contributed by atoms with E-state index in [1.807, 2.05) is 37.7 Å². The number of rotatable bonds is 6. The van der Waals surface area contributed by atoms with Gasteiger partial charge in [0.15, 0.2) is 0 Å². The Balaban J connectivity index is 1.52. The number of aryl methyl sites for hydroxylation is 1. The van der Waals surface area contributed by atoms with Gasteiger partial charge in [-0.05, 0) is 70.2 Å². The molecule has 160 valence electrons. The maximum atomic E-state index is 13.6. The Labute approximate surface area is 180 Å². The van der Waals surface area contributed by atoms with Crippen LogP contribution in [0, 0.1) is 32.4 Å². The molecular formula is C24H25F2N5. The SMILES string of the molecule is Cc1nn(-c2ccc(F)cc2)c(C)c1CN[C@@H](C)c1cnn(-c2cccc(F)c2)c1C. The summed E-state index contributed by atoms with van der Waals surface area (Å²) in [4.78, 5) is 0. The van der Waals surface area contributed by atoms with Crippen LogP contribution in [0.2, 0.25) is 0 Å². The van der Waals surface area contributed by atoms with E-state index in [1.54, 1.807) is 22.9 Å². The van der Waals surface area contributed by atoms with Gasteiger partial charge in [-0.1, -0.05) is 6.07 Å². The summed E-state index contributed by atoms with van der Waals surface area (Å²) in [6.07, 6.45) is 1.82. The van der Waals surface area contributed by atoms with Crippen molar-refractivity contribution in [2.24, 2.45) is 0 Å². The third kappa shape index (κ3) is 4.14. The molecule has 0 unspecified atom stereocenters. The number of hydrogen-bond donors (Lipinski definition) is 1. The fourth-order valence-electron chi connectivity index (χ4n) is 3.85. The average molecular weight is 421 g/mol. The van der Waals surface area contributed by atoms with Crippen LogP contribution in [0.4, 0.5) is 8.78 Å². The van der Waals surface area contributed by atoms with Crippen LogP contribution in [-0.2, 0) is 6.54 Å². The highest BCUT2D eigenvalue weighted by Crippen LogP contribution is 2.23. The lowest BCUT2D eigenvalue weighted by Crippen LogP contribution is -2.19. The van der Waals surface area contributed by atoms with Crippen molar-refractivity contribution in [2.75, 3.05) is 0 Å². The number of nitrogens with one attached hydrogen (secondary N) is 1. The Hall–Kier alpha value is -3.32. The lowest BCUT2D eigenvalue weighted by molar-refractivity contribution is 0.569. The van der Waals surface area contributed by atoms with Gasteiger partial charge < -0.3 is 5.32 Å². The molecule has 0 amide bonds. The molecule has 2 aromatic carbocycles. The predicted octanol–water partition coefficient (Wildman–Crippen LogP) is 5.11. The van der Waals surface area contributed by atoms with E-state index < -0.39 is 0 Å². The summed E-state index contributed by atoms with van der Waals surface area (Å²) in [5.41, 5.74) is 6.57. The first-order valence-electron chi connectivity index (χ1n) is 10.2.